The first-order valence-electron chi connectivity index (χ1n) is 16.0. The summed E-state index contributed by atoms with van der Waals surface area (Å²) < 4.78 is 6.09. The van der Waals surface area contributed by atoms with Gasteiger partial charge in [-0.05, 0) is 71.6 Å². The molecule has 1 aliphatic rings. The van der Waals surface area contributed by atoms with Gasteiger partial charge in [-0.15, -0.1) is 0 Å². The highest BCUT2D eigenvalue weighted by molar-refractivity contribution is 6.13. The van der Waals surface area contributed by atoms with Gasteiger partial charge < -0.3 is 9.32 Å². The zero-order valence-electron chi connectivity index (χ0n) is 25.7. The summed E-state index contributed by atoms with van der Waals surface area (Å²) in [7, 11) is 0. The molecule has 0 fully saturated rings. The highest BCUT2D eigenvalue weighted by atomic mass is 16.3. The Labute approximate surface area is 276 Å². The molecule has 5 nitrogen and oxygen atoms in total. The number of hydrogen-bond donors (Lipinski definition) is 0. The van der Waals surface area contributed by atoms with E-state index in [1.54, 1.807) is 0 Å². The van der Waals surface area contributed by atoms with Gasteiger partial charge in [0.15, 0.2) is 17.5 Å². The number of fused-ring (bicyclic) bond motifs is 5. The lowest BCUT2D eigenvalue weighted by Crippen LogP contribution is -2.14. The van der Waals surface area contributed by atoms with Gasteiger partial charge in [0, 0.05) is 44.1 Å². The normalized spacial score (nSPS) is 12.1. The monoisotopic (exact) mass is 614 g/mol. The predicted molar refractivity (Wildman–Crippen MR) is 195 cm³/mol. The van der Waals surface area contributed by atoms with E-state index in [2.05, 4.69) is 102 Å². The van der Waals surface area contributed by atoms with E-state index in [0.29, 0.717) is 17.5 Å². The van der Waals surface area contributed by atoms with Crippen molar-refractivity contribution in [2.75, 3.05) is 4.90 Å². The third kappa shape index (κ3) is 4.15. The molecule has 0 bridgehead atoms. The van der Waals surface area contributed by atoms with Gasteiger partial charge in [0.2, 0.25) is 0 Å². The second kappa shape index (κ2) is 10.5. The van der Waals surface area contributed by atoms with E-state index in [9.17, 15) is 0 Å². The van der Waals surface area contributed by atoms with Crippen molar-refractivity contribution < 1.29 is 4.42 Å². The van der Waals surface area contributed by atoms with Crippen LogP contribution in [-0.2, 0) is 0 Å². The Bertz CT molecular complexity index is 2670. The van der Waals surface area contributed by atoms with Crippen LogP contribution in [0.15, 0.2) is 162 Å². The summed E-state index contributed by atoms with van der Waals surface area (Å²) in [5.74, 6) is 1.86. The van der Waals surface area contributed by atoms with Gasteiger partial charge in [-0.25, -0.2) is 15.0 Å². The number of anilines is 3. The zero-order chi connectivity index (χ0) is 31.6. The molecule has 10 rings (SSSR count). The second-order valence-corrected chi connectivity index (χ2v) is 12.1. The van der Waals surface area contributed by atoms with Crippen LogP contribution in [-0.4, -0.2) is 15.0 Å². The van der Waals surface area contributed by atoms with Crippen LogP contribution < -0.4 is 4.90 Å². The zero-order valence-corrected chi connectivity index (χ0v) is 25.7. The van der Waals surface area contributed by atoms with Crippen molar-refractivity contribution in [3.63, 3.8) is 0 Å². The molecule has 9 aromatic rings. The van der Waals surface area contributed by atoms with Crippen LogP contribution in [0.25, 0.3) is 78.0 Å². The first-order valence-corrected chi connectivity index (χ1v) is 16.0. The first kappa shape index (κ1) is 26.6. The maximum Gasteiger partial charge on any atom is 0.164 e. The first-order chi connectivity index (χ1) is 23.8. The molecule has 0 spiro atoms. The van der Waals surface area contributed by atoms with E-state index in [4.69, 9.17) is 19.4 Å². The number of benzene rings is 7. The lowest BCUT2D eigenvalue weighted by molar-refractivity contribution is 0.669. The Morgan fingerprint density at radius 3 is 1.85 bits per heavy atom. The van der Waals surface area contributed by atoms with Gasteiger partial charge in [0.25, 0.3) is 0 Å². The Hall–Kier alpha value is -6.59. The molecule has 0 amide bonds. The fourth-order valence-electron chi connectivity index (χ4n) is 7.01. The van der Waals surface area contributed by atoms with E-state index in [1.807, 2.05) is 60.7 Å². The number of hydrogen-bond acceptors (Lipinski definition) is 5. The fourth-order valence-corrected chi connectivity index (χ4v) is 7.01. The van der Waals surface area contributed by atoms with E-state index in [-0.39, 0.29) is 0 Å². The van der Waals surface area contributed by atoms with Crippen molar-refractivity contribution in [3.8, 4) is 45.3 Å². The van der Waals surface area contributed by atoms with Crippen LogP contribution in [0, 0.1) is 0 Å². The van der Waals surface area contributed by atoms with Crippen molar-refractivity contribution >= 4 is 49.8 Å². The van der Waals surface area contributed by atoms with Crippen molar-refractivity contribution in [2.45, 2.75) is 0 Å². The molecule has 7 aromatic carbocycles. The maximum atomic E-state index is 6.09. The van der Waals surface area contributed by atoms with Crippen LogP contribution in [0.4, 0.5) is 17.1 Å². The maximum absolute atomic E-state index is 6.09. The van der Waals surface area contributed by atoms with Crippen LogP contribution in [0.2, 0.25) is 0 Å². The minimum Gasteiger partial charge on any atom is -0.456 e. The van der Waals surface area contributed by atoms with Crippen LogP contribution in [0.5, 0.6) is 0 Å². The molecular weight excluding hydrogens is 589 g/mol. The van der Waals surface area contributed by atoms with Gasteiger partial charge in [-0.3, -0.25) is 0 Å². The summed E-state index contributed by atoms with van der Waals surface area (Å²) in [5.41, 5.74) is 10.4. The predicted octanol–water partition coefficient (Wildman–Crippen LogP) is 11.4. The molecule has 2 aromatic heterocycles. The van der Waals surface area contributed by atoms with E-state index >= 15 is 0 Å². The summed E-state index contributed by atoms with van der Waals surface area (Å²) in [5, 5.41) is 4.60. The number of para-hydroxylation sites is 2. The van der Waals surface area contributed by atoms with Crippen LogP contribution in [0.1, 0.15) is 0 Å². The Balaban J connectivity index is 1.11. The summed E-state index contributed by atoms with van der Waals surface area (Å²) in [6, 6.07) is 54.6. The van der Waals surface area contributed by atoms with E-state index in [1.165, 1.54) is 27.6 Å². The van der Waals surface area contributed by atoms with Crippen LogP contribution >= 0.6 is 0 Å². The second-order valence-electron chi connectivity index (χ2n) is 12.1. The number of furan rings is 1. The fraction of sp³-hybridized carbons (Fsp3) is 0. The molecule has 0 aliphatic carbocycles. The highest BCUT2D eigenvalue weighted by Crippen LogP contribution is 2.50. The third-order valence-electron chi connectivity index (χ3n) is 9.24. The Morgan fingerprint density at radius 2 is 1.02 bits per heavy atom. The number of aromatic nitrogens is 3. The topological polar surface area (TPSA) is 55.1 Å². The molecule has 0 radical (unpaired) electrons. The lowest BCUT2D eigenvalue weighted by atomic mass is 9.91. The smallest absolute Gasteiger partial charge is 0.164 e. The quantitative estimate of drug-likeness (QED) is 0.197. The molecule has 5 heteroatoms. The van der Waals surface area contributed by atoms with Gasteiger partial charge >= 0.3 is 0 Å². The average molecular weight is 615 g/mol. The summed E-state index contributed by atoms with van der Waals surface area (Å²) >= 11 is 0. The van der Waals surface area contributed by atoms with Gasteiger partial charge in [0.05, 0.1) is 11.4 Å². The summed E-state index contributed by atoms with van der Waals surface area (Å²) in [6.45, 7) is 0. The molecule has 0 N–H and O–H groups in total. The molecule has 3 heterocycles. The molecule has 224 valence electrons. The van der Waals surface area contributed by atoms with Crippen molar-refractivity contribution in [1.29, 1.82) is 0 Å². The molecule has 0 saturated carbocycles. The van der Waals surface area contributed by atoms with E-state index in [0.717, 1.165) is 50.0 Å². The highest BCUT2D eigenvalue weighted by Gasteiger charge is 2.25. The molecule has 0 atom stereocenters. The number of rotatable bonds is 4. The van der Waals surface area contributed by atoms with Crippen molar-refractivity contribution in [1.82, 2.24) is 15.0 Å². The van der Waals surface area contributed by atoms with Gasteiger partial charge in [0.1, 0.15) is 11.2 Å². The average Bonchev–Trinajstić information content (AvgIpc) is 3.53. The van der Waals surface area contributed by atoms with Crippen molar-refractivity contribution in [3.05, 3.63) is 158 Å². The largest absolute Gasteiger partial charge is 0.456 e. The standard InChI is InChI=1S/C43H26N4O/c1-2-10-28(11-3-1)41-44-42(46-43(45-41)30-22-25-39-35(26-30)33-15-5-7-19-38(33)48-39)29-20-23-31(24-21-29)47-36-17-6-4-14-32(36)34-16-8-12-27-13-9-18-37(47)40(27)34/h1-26H. The SMILES string of the molecule is c1ccc(-c2nc(-c3ccc(N4c5ccccc5-c5cccc6cccc4c56)cc3)nc(-c3ccc4oc5ccccc5c4c3)n2)cc1. The molecule has 48 heavy (non-hydrogen) atoms. The number of nitrogens with zero attached hydrogens (tertiary/aromatic N) is 4. The van der Waals surface area contributed by atoms with Crippen LogP contribution in [0.3, 0.4) is 0 Å². The minimum atomic E-state index is 0.614. The van der Waals surface area contributed by atoms with E-state index < -0.39 is 0 Å². The molecule has 0 unspecified atom stereocenters. The minimum absolute atomic E-state index is 0.614. The summed E-state index contributed by atoms with van der Waals surface area (Å²) in [4.78, 5) is 17.4. The van der Waals surface area contributed by atoms with Gasteiger partial charge in [-0.1, -0.05) is 97.1 Å². The Morgan fingerprint density at radius 1 is 0.417 bits per heavy atom. The van der Waals surface area contributed by atoms with Gasteiger partial charge in [-0.2, -0.15) is 0 Å². The third-order valence-corrected chi connectivity index (χ3v) is 9.24. The Kier molecular flexibility index (Phi) is 5.81. The van der Waals surface area contributed by atoms with Crippen molar-refractivity contribution in [2.24, 2.45) is 0 Å². The molecule has 1 aliphatic heterocycles. The summed E-state index contributed by atoms with van der Waals surface area (Å²) in [6.07, 6.45) is 0. The lowest BCUT2D eigenvalue weighted by Gasteiger charge is -2.33. The molecule has 0 saturated heterocycles. The molecular formula is C43H26N4O.